The third-order valence-electron chi connectivity index (χ3n) is 4.48. The van der Waals surface area contributed by atoms with Gasteiger partial charge in [0.2, 0.25) is 5.91 Å². The van der Waals surface area contributed by atoms with Gasteiger partial charge in [0.15, 0.2) is 0 Å². The fourth-order valence-corrected chi connectivity index (χ4v) is 3.82. The number of benzene rings is 1. The number of ether oxygens (including phenoxy) is 1. The number of pyridine rings is 1. The molecule has 0 N–H and O–H groups in total. The van der Waals surface area contributed by atoms with Crippen LogP contribution < -0.4 is 9.64 Å². The van der Waals surface area contributed by atoms with Crippen molar-refractivity contribution in [1.29, 1.82) is 5.26 Å². The zero-order valence-electron chi connectivity index (χ0n) is 15.3. The second-order valence-corrected chi connectivity index (χ2v) is 7.22. The summed E-state index contributed by atoms with van der Waals surface area (Å²) in [6.45, 7) is 2.85. The van der Waals surface area contributed by atoms with Crippen LogP contribution in [0, 0.1) is 11.3 Å². The minimum absolute atomic E-state index is 0.138. The van der Waals surface area contributed by atoms with E-state index in [1.807, 2.05) is 29.2 Å². The van der Waals surface area contributed by atoms with Crippen LogP contribution >= 0.6 is 11.8 Å². The quantitative estimate of drug-likeness (QED) is 0.741. The van der Waals surface area contributed by atoms with E-state index in [0.29, 0.717) is 30.2 Å². The molecule has 1 aliphatic heterocycles. The number of methoxy groups -OCH3 is 1. The topological polar surface area (TPSA) is 69.5 Å². The van der Waals surface area contributed by atoms with Crippen molar-refractivity contribution < 1.29 is 9.53 Å². The minimum Gasteiger partial charge on any atom is -0.497 e. The molecule has 0 aliphatic carbocycles. The van der Waals surface area contributed by atoms with E-state index in [1.165, 1.54) is 11.8 Å². The van der Waals surface area contributed by atoms with E-state index >= 15 is 0 Å². The number of amides is 1. The van der Waals surface area contributed by atoms with Gasteiger partial charge in [0.05, 0.1) is 18.4 Å². The Morgan fingerprint density at radius 2 is 2.04 bits per heavy atom. The smallest absolute Gasteiger partial charge is 0.232 e. The van der Waals surface area contributed by atoms with Crippen molar-refractivity contribution >= 4 is 23.5 Å². The van der Waals surface area contributed by atoms with Crippen LogP contribution in [0.1, 0.15) is 12.0 Å². The van der Waals surface area contributed by atoms with Gasteiger partial charge in [0.25, 0.3) is 0 Å². The highest BCUT2D eigenvalue weighted by molar-refractivity contribution is 8.00. The second kappa shape index (κ2) is 9.28. The Morgan fingerprint density at radius 3 is 2.78 bits per heavy atom. The number of carbonyl (C=O) groups excluding carboxylic acids is 1. The van der Waals surface area contributed by atoms with Crippen LogP contribution in [-0.2, 0) is 4.79 Å². The lowest BCUT2D eigenvalue weighted by Gasteiger charge is -2.23. The maximum absolute atomic E-state index is 12.6. The largest absolute Gasteiger partial charge is 0.497 e. The SMILES string of the molecule is COc1ccc(SCC(=O)N2CCCN(c3ncccc3C#N)CC2)cc1. The van der Waals surface area contributed by atoms with Gasteiger partial charge < -0.3 is 14.5 Å². The van der Waals surface area contributed by atoms with Gasteiger partial charge in [-0.05, 0) is 42.8 Å². The Kier molecular flexibility index (Phi) is 6.55. The second-order valence-electron chi connectivity index (χ2n) is 6.17. The molecule has 0 spiro atoms. The van der Waals surface area contributed by atoms with Gasteiger partial charge in [-0.1, -0.05) is 0 Å². The van der Waals surface area contributed by atoms with E-state index in [2.05, 4.69) is 16.0 Å². The Labute approximate surface area is 163 Å². The average Bonchev–Trinajstić information content (AvgIpc) is 2.98. The monoisotopic (exact) mass is 382 g/mol. The summed E-state index contributed by atoms with van der Waals surface area (Å²) in [5.41, 5.74) is 0.576. The zero-order valence-corrected chi connectivity index (χ0v) is 16.1. The Bertz CT molecular complexity index is 819. The first-order valence-electron chi connectivity index (χ1n) is 8.86. The van der Waals surface area contributed by atoms with Gasteiger partial charge >= 0.3 is 0 Å². The van der Waals surface area contributed by atoms with Crippen molar-refractivity contribution in [3.63, 3.8) is 0 Å². The number of aromatic nitrogens is 1. The molecule has 0 radical (unpaired) electrons. The molecule has 7 heteroatoms. The first kappa shape index (κ1) is 19.1. The van der Waals surface area contributed by atoms with Gasteiger partial charge in [-0.15, -0.1) is 11.8 Å². The van der Waals surface area contributed by atoms with Crippen LogP contribution in [0.15, 0.2) is 47.5 Å². The summed E-state index contributed by atoms with van der Waals surface area (Å²) in [6, 6.07) is 13.5. The fourth-order valence-electron chi connectivity index (χ4n) is 3.02. The molecule has 0 atom stereocenters. The predicted molar refractivity (Wildman–Crippen MR) is 106 cm³/mol. The van der Waals surface area contributed by atoms with Crippen molar-refractivity contribution in [3.05, 3.63) is 48.2 Å². The van der Waals surface area contributed by atoms with E-state index in [-0.39, 0.29) is 5.91 Å². The maximum Gasteiger partial charge on any atom is 0.232 e. The first-order chi connectivity index (χ1) is 13.2. The van der Waals surface area contributed by atoms with Crippen molar-refractivity contribution in [1.82, 2.24) is 9.88 Å². The number of carbonyl (C=O) groups is 1. The molecule has 1 saturated heterocycles. The zero-order chi connectivity index (χ0) is 19.1. The van der Waals surface area contributed by atoms with Gasteiger partial charge in [-0.3, -0.25) is 4.79 Å². The van der Waals surface area contributed by atoms with Crippen molar-refractivity contribution in [2.45, 2.75) is 11.3 Å². The minimum atomic E-state index is 0.138. The van der Waals surface area contributed by atoms with E-state index in [9.17, 15) is 10.1 Å². The van der Waals surface area contributed by atoms with Crippen LogP contribution in [0.3, 0.4) is 0 Å². The van der Waals surface area contributed by atoms with Crippen LogP contribution in [0.4, 0.5) is 5.82 Å². The molecule has 0 saturated carbocycles. The molecule has 1 amide bonds. The van der Waals surface area contributed by atoms with Crippen molar-refractivity contribution in [2.75, 3.05) is 43.9 Å². The molecule has 27 heavy (non-hydrogen) atoms. The summed E-state index contributed by atoms with van der Waals surface area (Å²) in [4.78, 5) is 22.0. The third-order valence-corrected chi connectivity index (χ3v) is 5.47. The summed E-state index contributed by atoms with van der Waals surface area (Å²) in [5.74, 6) is 2.07. The number of nitriles is 1. The van der Waals surface area contributed by atoms with E-state index < -0.39 is 0 Å². The molecule has 1 aromatic heterocycles. The first-order valence-corrected chi connectivity index (χ1v) is 9.84. The predicted octanol–water partition coefficient (Wildman–Crippen LogP) is 2.79. The highest BCUT2D eigenvalue weighted by Gasteiger charge is 2.21. The van der Waals surface area contributed by atoms with Gasteiger partial charge in [-0.2, -0.15) is 5.26 Å². The van der Waals surface area contributed by atoms with Crippen molar-refractivity contribution in [3.8, 4) is 11.8 Å². The van der Waals surface area contributed by atoms with Gasteiger partial charge in [0, 0.05) is 37.3 Å². The summed E-state index contributed by atoms with van der Waals surface area (Å²) in [7, 11) is 1.64. The van der Waals surface area contributed by atoms with Crippen LogP contribution in [0.2, 0.25) is 0 Å². The number of thioether (sulfide) groups is 1. The Hall–Kier alpha value is -2.72. The number of anilines is 1. The van der Waals surface area contributed by atoms with Gasteiger partial charge in [0.1, 0.15) is 17.6 Å². The summed E-state index contributed by atoms with van der Waals surface area (Å²) in [6.07, 6.45) is 2.57. The third kappa shape index (κ3) is 4.92. The molecule has 2 heterocycles. The molecule has 0 bridgehead atoms. The standard InChI is InChI=1S/C20H22N4O2S/c1-26-17-5-7-18(8-6-17)27-15-19(25)23-10-3-11-24(13-12-23)20-16(14-21)4-2-9-22-20/h2,4-9H,3,10-13,15H2,1H3. The average molecular weight is 382 g/mol. The molecule has 0 unspecified atom stereocenters. The molecular formula is C20H22N4O2S. The number of hydrogen-bond donors (Lipinski definition) is 0. The molecular weight excluding hydrogens is 360 g/mol. The lowest BCUT2D eigenvalue weighted by Crippen LogP contribution is -2.36. The molecule has 140 valence electrons. The summed E-state index contributed by atoms with van der Waals surface area (Å²) in [5, 5.41) is 9.28. The summed E-state index contributed by atoms with van der Waals surface area (Å²) >= 11 is 1.54. The fraction of sp³-hybridized carbons (Fsp3) is 0.350. The van der Waals surface area contributed by atoms with Crippen LogP contribution in [0.25, 0.3) is 0 Å². The van der Waals surface area contributed by atoms with Crippen LogP contribution in [-0.4, -0.2) is 54.8 Å². The highest BCUT2D eigenvalue weighted by atomic mass is 32.2. The molecule has 1 aliphatic rings. The number of nitrogens with zero attached hydrogens (tertiary/aromatic N) is 4. The highest BCUT2D eigenvalue weighted by Crippen LogP contribution is 2.22. The van der Waals surface area contributed by atoms with E-state index in [0.717, 1.165) is 30.2 Å². The molecule has 1 fully saturated rings. The summed E-state index contributed by atoms with van der Waals surface area (Å²) < 4.78 is 5.15. The normalized spacial score (nSPS) is 14.4. The molecule has 2 aromatic rings. The lowest BCUT2D eigenvalue weighted by atomic mass is 10.2. The maximum atomic E-state index is 12.6. The van der Waals surface area contributed by atoms with Crippen LogP contribution in [0.5, 0.6) is 5.75 Å². The van der Waals surface area contributed by atoms with E-state index in [4.69, 9.17) is 4.74 Å². The van der Waals surface area contributed by atoms with Crippen molar-refractivity contribution in [2.24, 2.45) is 0 Å². The van der Waals surface area contributed by atoms with Gasteiger partial charge in [-0.25, -0.2) is 4.98 Å². The molecule has 3 rings (SSSR count). The molecule has 1 aromatic carbocycles. The lowest BCUT2D eigenvalue weighted by molar-refractivity contribution is -0.128. The Morgan fingerprint density at radius 1 is 1.22 bits per heavy atom. The van der Waals surface area contributed by atoms with E-state index in [1.54, 1.807) is 25.4 Å². The number of hydrogen-bond acceptors (Lipinski definition) is 6. The molecule has 6 nitrogen and oxygen atoms in total. The Balaban J connectivity index is 1.55. The number of rotatable bonds is 5.